The van der Waals surface area contributed by atoms with Crippen molar-refractivity contribution in [1.29, 1.82) is 0 Å². The lowest BCUT2D eigenvalue weighted by Gasteiger charge is -2.32. The molecule has 132 valence electrons. The number of aromatic nitrogens is 2. The number of imidazole rings is 1. The first-order valence-corrected chi connectivity index (χ1v) is 9.28. The van der Waals surface area contributed by atoms with Gasteiger partial charge < -0.3 is 9.88 Å². The summed E-state index contributed by atoms with van der Waals surface area (Å²) in [6.07, 6.45) is 8.39. The number of hydrogen-bond acceptors (Lipinski definition) is 3. The number of hydrogen-bond donors (Lipinski definition) is 1. The zero-order valence-electron chi connectivity index (χ0n) is 15.3. The maximum absolute atomic E-state index is 12.5. The lowest BCUT2D eigenvalue weighted by atomic mass is 9.97. The van der Waals surface area contributed by atoms with Crippen LogP contribution in [0.15, 0.2) is 11.6 Å². The molecule has 3 rings (SSSR count). The predicted molar refractivity (Wildman–Crippen MR) is 95.8 cm³/mol. The quantitative estimate of drug-likeness (QED) is 0.845. The van der Waals surface area contributed by atoms with Crippen molar-refractivity contribution in [2.75, 3.05) is 13.1 Å². The molecular formula is C19H30N4O. The van der Waals surface area contributed by atoms with Crippen LogP contribution in [0.25, 0.3) is 0 Å². The molecule has 1 atom stereocenters. The van der Waals surface area contributed by atoms with Crippen LogP contribution in [0, 0.1) is 13.8 Å². The third-order valence-electron chi connectivity index (χ3n) is 5.55. The molecule has 5 heteroatoms. The largest absolute Gasteiger partial charge is 0.354 e. The Labute approximate surface area is 145 Å². The summed E-state index contributed by atoms with van der Waals surface area (Å²) in [5.74, 6) is 1.23. The van der Waals surface area contributed by atoms with Crippen molar-refractivity contribution in [3.05, 3.63) is 28.9 Å². The first kappa shape index (κ1) is 17.2. The molecule has 0 bridgehead atoms. The number of nitrogens with one attached hydrogen (secondary N) is 1. The normalized spacial score (nSPS) is 19.5. The summed E-state index contributed by atoms with van der Waals surface area (Å²) in [5, 5.41) is 3.12. The Kier molecular flexibility index (Phi) is 5.39. The zero-order valence-corrected chi connectivity index (χ0v) is 15.3. The van der Waals surface area contributed by atoms with Gasteiger partial charge in [0.1, 0.15) is 5.82 Å². The minimum absolute atomic E-state index is 0.101. The molecule has 0 fully saturated rings. The summed E-state index contributed by atoms with van der Waals surface area (Å²) < 4.78 is 2.28. The smallest absolute Gasteiger partial charge is 0.237 e. The molecule has 0 aromatic carbocycles. The second-order valence-corrected chi connectivity index (χ2v) is 7.15. The zero-order chi connectivity index (χ0) is 17.1. The van der Waals surface area contributed by atoms with Crippen molar-refractivity contribution < 1.29 is 4.79 Å². The first-order valence-electron chi connectivity index (χ1n) is 9.28. The average molecular weight is 330 g/mol. The van der Waals surface area contributed by atoms with Crippen LogP contribution in [0.5, 0.6) is 0 Å². The number of fused-ring (bicyclic) bond motifs is 1. The highest BCUT2D eigenvalue weighted by Gasteiger charge is 2.27. The van der Waals surface area contributed by atoms with Gasteiger partial charge in [0.15, 0.2) is 0 Å². The van der Waals surface area contributed by atoms with Gasteiger partial charge in [0.2, 0.25) is 5.91 Å². The third kappa shape index (κ3) is 3.72. The van der Waals surface area contributed by atoms with Gasteiger partial charge in [-0.2, -0.15) is 0 Å². The van der Waals surface area contributed by atoms with E-state index in [1.807, 2.05) is 6.92 Å². The molecule has 0 saturated carbocycles. The highest BCUT2D eigenvalue weighted by Crippen LogP contribution is 2.20. The molecule has 1 aromatic heterocycles. The van der Waals surface area contributed by atoms with Gasteiger partial charge in [0.05, 0.1) is 18.3 Å². The molecule has 0 spiro atoms. The number of rotatable bonds is 5. The van der Waals surface area contributed by atoms with Crippen LogP contribution in [0.3, 0.4) is 0 Å². The van der Waals surface area contributed by atoms with E-state index in [9.17, 15) is 4.79 Å². The predicted octanol–water partition coefficient (Wildman–Crippen LogP) is 2.71. The van der Waals surface area contributed by atoms with Gasteiger partial charge in [-0.3, -0.25) is 9.69 Å². The third-order valence-corrected chi connectivity index (χ3v) is 5.55. The standard InChI is InChI=1S/C19H30N4O/c1-14-15(2)23-12-11-22(13-18(23)21-14)16(3)19(24)20-10-9-17-7-5-4-6-8-17/h7,16H,4-6,8-13H2,1-3H3,(H,20,24). The van der Waals surface area contributed by atoms with E-state index >= 15 is 0 Å². The van der Waals surface area contributed by atoms with Crippen molar-refractivity contribution in [2.24, 2.45) is 0 Å². The van der Waals surface area contributed by atoms with E-state index < -0.39 is 0 Å². The van der Waals surface area contributed by atoms with Gasteiger partial charge in [0, 0.05) is 25.3 Å². The molecule has 1 aliphatic heterocycles. The highest BCUT2D eigenvalue weighted by atomic mass is 16.2. The van der Waals surface area contributed by atoms with Gasteiger partial charge in [-0.1, -0.05) is 11.6 Å². The van der Waals surface area contributed by atoms with E-state index in [1.165, 1.54) is 37.0 Å². The van der Waals surface area contributed by atoms with E-state index in [0.29, 0.717) is 0 Å². The summed E-state index contributed by atoms with van der Waals surface area (Å²) in [6.45, 7) is 9.53. The summed E-state index contributed by atoms with van der Waals surface area (Å²) >= 11 is 0. The lowest BCUT2D eigenvalue weighted by molar-refractivity contribution is -0.126. The lowest BCUT2D eigenvalue weighted by Crippen LogP contribution is -2.48. The van der Waals surface area contributed by atoms with E-state index in [1.54, 1.807) is 0 Å². The van der Waals surface area contributed by atoms with Gasteiger partial charge >= 0.3 is 0 Å². The molecule has 0 radical (unpaired) electrons. The molecule has 0 saturated heterocycles. The summed E-state index contributed by atoms with van der Waals surface area (Å²) in [7, 11) is 0. The average Bonchev–Trinajstić information content (AvgIpc) is 2.89. The Balaban J connectivity index is 1.50. The van der Waals surface area contributed by atoms with Crippen molar-refractivity contribution in [3.8, 4) is 0 Å². The highest BCUT2D eigenvalue weighted by molar-refractivity contribution is 5.81. The molecule has 1 unspecified atom stereocenters. The maximum atomic E-state index is 12.5. The number of amides is 1. The fourth-order valence-electron chi connectivity index (χ4n) is 3.75. The van der Waals surface area contributed by atoms with Gasteiger partial charge in [-0.25, -0.2) is 4.98 Å². The topological polar surface area (TPSA) is 50.2 Å². The molecule has 2 heterocycles. The van der Waals surface area contributed by atoms with Crippen LogP contribution in [0.4, 0.5) is 0 Å². The maximum Gasteiger partial charge on any atom is 0.237 e. The second kappa shape index (κ2) is 7.51. The summed E-state index contributed by atoms with van der Waals surface area (Å²) in [5.41, 5.74) is 3.87. The SMILES string of the molecule is Cc1nc2n(c1C)CCN(C(C)C(=O)NCCC1=CCCCC1)C2. The van der Waals surface area contributed by atoms with Crippen molar-refractivity contribution in [1.82, 2.24) is 19.8 Å². The molecule has 2 aliphatic rings. The molecule has 1 aromatic rings. The monoisotopic (exact) mass is 330 g/mol. The molecule has 1 amide bonds. The molecule has 1 aliphatic carbocycles. The van der Waals surface area contributed by atoms with Crippen molar-refractivity contribution in [3.63, 3.8) is 0 Å². The Morgan fingerprint density at radius 1 is 1.33 bits per heavy atom. The molecule has 1 N–H and O–H groups in total. The van der Waals surface area contributed by atoms with Crippen LogP contribution < -0.4 is 5.32 Å². The minimum atomic E-state index is -0.101. The van der Waals surface area contributed by atoms with Crippen LogP contribution in [-0.4, -0.2) is 39.5 Å². The number of carbonyl (C=O) groups is 1. The van der Waals surface area contributed by atoms with E-state index in [4.69, 9.17) is 0 Å². The van der Waals surface area contributed by atoms with Gasteiger partial charge in [0.25, 0.3) is 0 Å². The van der Waals surface area contributed by atoms with E-state index in [-0.39, 0.29) is 11.9 Å². The summed E-state index contributed by atoms with van der Waals surface area (Å²) in [6, 6.07) is -0.101. The number of carbonyl (C=O) groups excluding carboxylic acids is 1. The number of allylic oxidation sites excluding steroid dienone is 1. The molecule has 24 heavy (non-hydrogen) atoms. The minimum Gasteiger partial charge on any atom is -0.354 e. The number of nitrogens with zero attached hydrogens (tertiary/aromatic N) is 3. The fraction of sp³-hybridized carbons (Fsp3) is 0.684. The summed E-state index contributed by atoms with van der Waals surface area (Å²) in [4.78, 5) is 19.3. The van der Waals surface area contributed by atoms with E-state index in [0.717, 1.165) is 44.1 Å². The molecule has 5 nitrogen and oxygen atoms in total. The van der Waals surface area contributed by atoms with Gasteiger partial charge in [-0.15, -0.1) is 0 Å². The van der Waals surface area contributed by atoms with Crippen LogP contribution in [0.1, 0.15) is 56.2 Å². The van der Waals surface area contributed by atoms with Crippen LogP contribution >= 0.6 is 0 Å². The van der Waals surface area contributed by atoms with Crippen molar-refractivity contribution >= 4 is 5.91 Å². The first-order chi connectivity index (χ1) is 11.6. The van der Waals surface area contributed by atoms with Crippen molar-refractivity contribution in [2.45, 2.75) is 72.0 Å². The Morgan fingerprint density at radius 2 is 2.17 bits per heavy atom. The van der Waals surface area contributed by atoms with Crippen LogP contribution in [-0.2, 0) is 17.9 Å². The Bertz CT molecular complexity index is 632. The number of aryl methyl sites for hydroxylation is 1. The Morgan fingerprint density at radius 3 is 2.92 bits per heavy atom. The molecular weight excluding hydrogens is 300 g/mol. The Hall–Kier alpha value is -1.62. The van der Waals surface area contributed by atoms with Gasteiger partial charge in [-0.05, 0) is 52.9 Å². The van der Waals surface area contributed by atoms with E-state index in [2.05, 4.69) is 39.7 Å². The second-order valence-electron chi connectivity index (χ2n) is 7.15. The fourth-order valence-corrected chi connectivity index (χ4v) is 3.75. The van der Waals surface area contributed by atoms with Crippen LogP contribution in [0.2, 0.25) is 0 Å².